The van der Waals surface area contributed by atoms with Gasteiger partial charge in [0, 0.05) is 9.26 Å². The van der Waals surface area contributed by atoms with Crippen LogP contribution in [0.25, 0.3) is 0 Å². The quantitative estimate of drug-likeness (QED) is 0.283. The largest absolute Gasteiger partial charge is 0.386 e. The van der Waals surface area contributed by atoms with Gasteiger partial charge in [0.15, 0.2) is 0 Å². The second kappa shape index (κ2) is 9.09. The van der Waals surface area contributed by atoms with Gasteiger partial charge in [0.2, 0.25) is 5.91 Å². The number of rotatable bonds is 5. The number of fused-ring (bicyclic) bond motifs is 1. The molecule has 1 saturated heterocycles. The minimum absolute atomic E-state index is 0.269. The van der Waals surface area contributed by atoms with Crippen LogP contribution in [-0.2, 0) is 9.59 Å². The number of carbonyl (C=O) groups excluding carboxylic acids is 2. The lowest BCUT2D eigenvalue weighted by Gasteiger charge is -2.40. The van der Waals surface area contributed by atoms with Crippen LogP contribution < -0.4 is 10.3 Å². The van der Waals surface area contributed by atoms with Crippen LogP contribution in [0.15, 0.2) is 97.1 Å². The average molecular weight is 551 g/mol. The molecule has 3 aromatic carbocycles. The van der Waals surface area contributed by atoms with Gasteiger partial charge in [0.05, 0.1) is 23.8 Å². The number of imide groups is 1. The first-order chi connectivity index (χ1) is 16.0. The molecule has 33 heavy (non-hydrogen) atoms. The summed E-state index contributed by atoms with van der Waals surface area (Å²) in [4.78, 5) is 28.1. The third-order valence-corrected chi connectivity index (χ3v) is 6.76. The first-order valence-electron chi connectivity index (χ1n) is 10.7. The summed E-state index contributed by atoms with van der Waals surface area (Å²) >= 11 is 2.22. The lowest BCUT2D eigenvalue weighted by molar-refractivity contribution is -0.123. The molecule has 2 N–H and O–H groups in total. The monoisotopic (exact) mass is 551 g/mol. The van der Waals surface area contributed by atoms with E-state index >= 15 is 0 Å². The number of para-hydroxylation sites is 2. The van der Waals surface area contributed by atoms with E-state index in [9.17, 15) is 14.7 Å². The number of nitrogens with one attached hydrogen (secondary N) is 1. The fourth-order valence-electron chi connectivity index (χ4n) is 4.42. The molecule has 0 spiro atoms. The highest BCUT2D eigenvalue weighted by molar-refractivity contribution is 14.1. The molecule has 0 saturated carbocycles. The minimum Gasteiger partial charge on any atom is -0.386 e. The number of nitrogens with zero attached hydrogens (tertiary/aromatic N) is 2. The third-order valence-electron chi connectivity index (χ3n) is 6.04. The number of aliphatic hydroxyl groups is 1. The Morgan fingerprint density at radius 1 is 0.818 bits per heavy atom. The average Bonchev–Trinajstić information content (AvgIpc) is 3.10. The number of benzene rings is 3. The Bertz CT molecular complexity index is 1180. The molecule has 2 heterocycles. The van der Waals surface area contributed by atoms with Gasteiger partial charge in [-0.15, -0.1) is 0 Å². The van der Waals surface area contributed by atoms with Crippen molar-refractivity contribution in [2.45, 2.75) is 18.2 Å². The Balaban J connectivity index is 1.54. The highest BCUT2D eigenvalue weighted by Crippen LogP contribution is 2.37. The van der Waals surface area contributed by atoms with Crippen molar-refractivity contribution >= 4 is 45.8 Å². The summed E-state index contributed by atoms with van der Waals surface area (Å²) in [6.07, 6.45) is 2.68. The molecule has 2 amide bonds. The summed E-state index contributed by atoms with van der Waals surface area (Å²) in [5.74, 6) is -1.23. The molecule has 0 radical (unpaired) electrons. The van der Waals surface area contributed by atoms with Crippen molar-refractivity contribution in [3.05, 3.63) is 106 Å². The van der Waals surface area contributed by atoms with Crippen LogP contribution in [0.3, 0.4) is 0 Å². The maximum atomic E-state index is 13.6. The zero-order valence-electron chi connectivity index (χ0n) is 17.6. The van der Waals surface area contributed by atoms with E-state index < -0.39 is 24.1 Å². The number of carbonyl (C=O) groups is 2. The summed E-state index contributed by atoms with van der Waals surface area (Å²) in [6.45, 7) is 0. The Labute approximate surface area is 205 Å². The Hall–Kier alpha value is -3.01. The molecule has 0 bridgehead atoms. The standard InChI is InChI=1S/C26H22IN3O3/c27-18-13-11-17(12-14-18)24(31)22-16-15-21-23(30(22)28-19-7-3-1-4-8-19)26(33)29(25(21)32)20-9-5-2-6-10-20/h1-16,21-24,28,31H. The molecule has 6 nitrogen and oxygen atoms in total. The summed E-state index contributed by atoms with van der Waals surface area (Å²) < 4.78 is 1.07. The number of aliphatic hydroxyl groups excluding tert-OH is 1. The molecule has 3 aromatic rings. The van der Waals surface area contributed by atoms with Crippen LogP contribution >= 0.6 is 22.6 Å². The van der Waals surface area contributed by atoms with Crippen LogP contribution in [0.5, 0.6) is 0 Å². The highest BCUT2D eigenvalue weighted by Gasteiger charge is 2.54. The van der Waals surface area contributed by atoms with E-state index in [0.29, 0.717) is 5.69 Å². The zero-order chi connectivity index (χ0) is 22.9. The van der Waals surface area contributed by atoms with Gasteiger partial charge in [-0.05, 0) is 64.6 Å². The van der Waals surface area contributed by atoms with Gasteiger partial charge in [-0.25, -0.2) is 9.91 Å². The van der Waals surface area contributed by atoms with Gasteiger partial charge >= 0.3 is 0 Å². The zero-order valence-corrected chi connectivity index (χ0v) is 19.7. The van der Waals surface area contributed by atoms with Crippen molar-refractivity contribution in [3.8, 4) is 0 Å². The van der Waals surface area contributed by atoms with E-state index in [2.05, 4.69) is 28.0 Å². The lowest BCUT2D eigenvalue weighted by Crippen LogP contribution is -2.55. The van der Waals surface area contributed by atoms with Crippen molar-refractivity contribution in [1.29, 1.82) is 0 Å². The number of hydrogen-bond donors (Lipinski definition) is 2. The van der Waals surface area contributed by atoms with Crippen LogP contribution in [0.4, 0.5) is 11.4 Å². The Kier molecular flexibility index (Phi) is 6.01. The number of hydrogen-bond acceptors (Lipinski definition) is 5. The number of hydrazine groups is 1. The van der Waals surface area contributed by atoms with E-state index in [1.54, 1.807) is 35.4 Å². The highest BCUT2D eigenvalue weighted by atomic mass is 127. The summed E-state index contributed by atoms with van der Waals surface area (Å²) in [7, 11) is 0. The van der Waals surface area contributed by atoms with Gasteiger partial charge in [0.25, 0.3) is 5.91 Å². The molecule has 4 unspecified atom stereocenters. The van der Waals surface area contributed by atoms with Gasteiger partial charge < -0.3 is 10.5 Å². The molecule has 4 atom stereocenters. The van der Waals surface area contributed by atoms with Crippen LogP contribution in [0.2, 0.25) is 0 Å². The van der Waals surface area contributed by atoms with Crippen molar-refractivity contribution in [1.82, 2.24) is 5.01 Å². The van der Waals surface area contributed by atoms with Gasteiger partial charge in [-0.3, -0.25) is 9.59 Å². The van der Waals surface area contributed by atoms with Crippen LogP contribution in [0, 0.1) is 9.49 Å². The second-order valence-electron chi connectivity index (χ2n) is 8.08. The maximum absolute atomic E-state index is 13.6. The molecule has 7 heteroatoms. The van der Waals surface area contributed by atoms with E-state index in [-0.39, 0.29) is 11.8 Å². The van der Waals surface area contributed by atoms with Crippen molar-refractivity contribution < 1.29 is 14.7 Å². The SMILES string of the molecule is O=C1C2C=CC(C(O)c3ccc(I)cc3)N(Nc3ccccc3)C2C(=O)N1c1ccccc1. The molecule has 0 aliphatic carbocycles. The smallest absolute Gasteiger partial charge is 0.254 e. The minimum atomic E-state index is -0.899. The molecule has 2 aliphatic rings. The van der Waals surface area contributed by atoms with Gasteiger partial charge in [-0.2, -0.15) is 0 Å². The first kappa shape index (κ1) is 21.8. The van der Waals surface area contributed by atoms with Crippen molar-refractivity contribution in [2.24, 2.45) is 5.92 Å². The molecule has 2 aliphatic heterocycles. The predicted molar refractivity (Wildman–Crippen MR) is 135 cm³/mol. The maximum Gasteiger partial charge on any atom is 0.254 e. The Morgan fingerprint density at radius 2 is 1.45 bits per heavy atom. The normalized spacial score (nSPS) is 23.5. The molecule has 5 rings (SSSR count). The van der Waals surface area contributed by atoms with Crippen molar-refractivity contribution in [2.75, 3.05) is 10.3 Å². The third kappa shape index (κ3) is 4.07. The number of halogens is 1. The summed E-state index contributed by atoms with van der Waals surface area (Å²) in [5.41, 5.74) is 5.36. The molecule has 166 valence electrons. The lowest BCUT2D eigenvalue weighted by atomic mass is 9.90. The van der Waals surface area contributed by atoms with E-state index in [0.717, 1.165) is 14.8 Å². The number of amides is 2. The fraction of sp³-hybridized carbons (Fsp3) is 0.154. The predicted octanol–water partition coefficient (Wildman–Crippen LogP) is 4.15. The number of anilines is 2. The molecule has 1 fully saturated rings. The van der Waals surface area contributed by atoms with E-state index in [1.165, 1.54) is 4.90 Å². The van der Waals surface area contributed by atoms with E-state index in [4.69, 9.17) is 0 Å². The van der Waals surface area contributed by atoms with Gasteiger partial charge in [-0.1, -0.05) is 60.7 Å². The second-order valence-corrected chi connectivity index (χ2v) is 9.32. The van der Waals surface area contributed by atoms with Crippen LogP contribution in [0.1, 0.15) is 11.7 Å². The van der Waals surface area contributed by atoms with Crippen LogP contribution in [-0.4, -0.2) is 34.0 Å². The van der Waals surface area contributed by atoms with E-state index in [1.807, 2.05) is 66.7 Å². The first-order valence-corrected chi connectivity index (χ1v) is 11.8. The topological polar surface area (TPSA) is 72.9 Å². The van der Waals surface area contributed by atoms with Crippen molar-refractivity contribution in [3.63, 3.8) is 0 Å². The molecular formula is C26H22IN3O3. The fourth-order valence-corrected chi connectivity index (χ4v) is 4.78. The van der Waals surface area contributed by atoms with Gasteiger partial charge in [0.1, 0.15) is 6.04 Å². The summed E-state index contributed by atoms with van der Waals surface area (Å²) in [6, 6.07) is 24.7. The Morgan fingerprint density at radius 3 is 2.12 bits per heavy atom. The molecule has 0 aromatic heterocycles. The molecular weight excluding hydrogens is 529 g/mol. The summed E-state index contributed by atoms with van der Waals surface area (Å²) in [5, 5.41) is 13.0.